The van der Waals surface area contributed by atoms with Crippen molar-refractivity contribution in [2.45, 2.75) is 20.3 Å². The molecular formula is C16H18N2O3. The molecule has 2 aromatic rings. The summed E-state index contributed by atoms with van der Waals surface area (Å²) in [5.41, 5.74) is 1.69. The predicted molar refractivity (Wildman–Crippen MR) is 80.2 cm³/mol. The van der Waals surface area contributed by atoms with E-state index in [1.54, 1.807) is 19.2 Å². The Balaban J connectivity index is 2.02. The molecule has 21 heavy (non-hydrogen) atoms. The highest BCUT2D eigenvalue weighted by atomic mass is 16.3. The Bertz CT molecular complexity index is 656. The second-order valence-electron chi connectivity index (χ2n) is 5.09. The van der Waals surface area contributed by atoms with Crippen LogP contribution in [0.1, 0.15) is 18.1 Å². The molecule has 1 aromatic heterocycles. The highest BCUT2D eigenvalue weighted by Crippen LogP contribution is 2.26. The summed E-state index contributed by atoms with van der Waals surface area (Å²) in [7, 11) is 0. The highest BCUT2D eigenvalue weighted by Gasteiger charge is 2.15. The maximum absolute atomic E-state index is 12.2. The molecule has 1 aromatic carbocycles. The summed E-state index contributed by atoms with van der Waals surface area (Å²) in [5, 5.41) is 21.5. The number of anilines is 1. The fourth-order valence-electron chi connectivity index (χ4n) is 2.00. The molecule has 1 atom stereocenters. The van der Waals surface area contributed by atoms with E-state index in [2.05, 4.69) is 10.3 Å². The summed E-state index contributed by atoms with van der Waals surface area (Å²) < 4.78 is 0. The summed E-state index contributed by atoms with van der Waals surface area (Å²) >= 11 is 0. The molecule has 2 rings (SSSR count). The van der Waals surface area contributed by atoms with Crippen molar-refractivity contribution in [2.75, 3.05) is 5.32 Å². The van der Waals surface area contributed by atoms with Gasteiger partial charge < -0.3 is 15.5 Å². The van der Waals surface area contributed by atoms with Crippen molar-refractivity contribution in [1.29, 1.82) is 0 Å². The lowest BCUT2D eigenvalue weighted by atomic mass is 10.00. The molecule has 0 saturated heterocycles. The maximum Gasteiger partial charge on any atom is 0.228 e. The highest BCUT2D eigenvalue weighted by molar-refractivity contribution is 5.92. The second kappa shape index (κ2) is 6.26. The molecule has 3 N–H and O–H groups in total. The first-order valence-electron chi connectivity index (χ1n) is 6.70. The van der Waals surface area contributed by atoms with Crippen LogP contribution in [0, 0.1) is 12.8 Å². The van der Waals surface area contributed by atoms with E-state index in [4.69, 9.17) is 0 Å². The van der Waals surface area contributed by atoms with Gasteiger partial charge >= 0.3 is 0 Å². The molecule has 0 saturated carbocycles. The van der Waals surface area contributed by atoms with Crippen LogP contribution in [0.15, 0.2) is 36.5 Å². The fourth-order valence-corrected chi connectivity index (χ4v) is 2.00. The van der Waals surface area contributed by atoms with Gasteiger partial charge in [-0.25, -0.2) is 4.98 Å². The Hall–Kier alpha value is -2.56. The number of amides is 1. The number of benzene rings is 1. The quantitative estimate of drug-likeness (QED) is 0.754. The summed E-state index contributed by atoms with van der Waals surface area (Å²) in [6, 6.07) is 8.26. The lowest BCUT2D eigenvalue weighted by Crippen LogP contribution is -2.23. The Morgan fingerprint density at radius 3 is 2.71 bits per heavy atom. The van der Waals surface area contributed by atoms with Crippen LogP contribution in [0.2, 0.25) is 0 Å². The van der Waals surface area contributed by atoms with Crippen molar-refractivity contribution in [3.05, 3.63) is 47.7 Å². The Labute approximate surface area is 123 Å². The van der Waals surface area contributed by atoms with Crippen molar-refractivity contribution < 1.29 is 15.0 Å². The van der Waals surface area contributed by atoms with Gasteiger partial charge in [0.15, 0.2) is 11.5 Å². The lowest BCUT2D eigenvalue weighted by molar-refractivity contribution is -0.119. The largest absolute Gasteiger partial charge is 0.504 e. The average Bonchev–Trinajstić information content (AvgIpc) is 2.45. The van der Waals surface area contributed by atoms with Gasteiger partial charge in [-0.05, 0) is 42.7 Å². The second-order valence-corrected chi connectivity index (χ2v) is 5.09. The minimum Gasteiger partial charge on any atom is -0.504 e. The summed E-state index contributed by atoms with van der Waals surface area (Å²) in [6.45, 7) is 3.68. The van der Waals surface area contributed by atoms with Crippen LogP contribution >= 0.6 is 0 Å². The van der Waals surface area contributed by atoms with Crippen LogP contribution in [0.4, 0.5) is 5.82 Å². The van der Waals surface area contributed by atoms with E-state index in [-0.39, 0.29) is 23.3 Å². The van der Waals surface area contributed by atoms with Crippen molar-refractivity contribution in [3.63, 3.8) is 0 Å². The van der Waals surface area contributed by atoms with Gasteiger partial charge in [-0.3, -0.25) is 4.79 Å². The third-order valence-corrected chi connectivity index (χ3v) is 3.28. The Morgan fingerprint density at radius 1 is 1.29 bits per heavy atom. The van der Waals surface area contributed by atoms with E-state index in [0.717, 1.165) is 11.1 Å². The molecule has 0 radical (unpaired) electrons. The van der Waals surface area contributed by atoms with Crippen LogP contribution in [0.3, 0.4) is 0 Å². The van der Waals surface area contributed by atoms with Crippen molar-refractivity contribution in [2.24, 2.45) is 5.92 Å². The summed E-state index contributed by atoms with van der Waals surface area (Å²) in [6.07, 6.45) is 2.09. The van der Waals surface area contributed by atoms with E-state index in [9.17, 15) is 15.0 Å². The number of hydrogen-bond acceptors (Lipinski definition) is 4. The van der Waals surface area contributed by atoms with Crippen molar-refractivity contribution >= 4 is 11.7 Å². The molecule has 110 valence electrons. The number of rotatable bonds is 4. The molecule has 0 aliphatic rings. The first kappa shape index (κ1) is 14.8. The van der Waals surface area contributed by atoms with Crippen molar-refractivity contribution in [3.8, 4) is 11.5 Å². The number of carbonyl (C=O) groups excluding carboxylic acids is 1. The minimum atomic E-state index is -0.282. The van der Waals surface area contributed by atoms with Gasteiger partial charge in [0.1, 0.15) is 5.82 Å². The first-order chi connectivity index (χ1) is 9.97. The molecule has 1 amide bonds. The molecule has 1 unspecified atom stereocenters. The molecule has 5 heteroatoms. The van der Waals surface area contributed by atoms with Gasteiger partial charge in [-0.15, -0.1) is 0 Å². The monoisotopic (exact) mass is 286 g/mol. The predicted octanol–water partition coefficient (Wildman–Crippen LogP) is 2.62. The number of hydrogen-bond donors (Lipinski definition) is 3. The number of phenolic OH excluding ortho intramolecular Hbond substituents is 2. The normalized spacial score (nSPS) is 11.9. The van der Waals surface area contributed by atoms with Gasteiger partial charge in [0.2, 0.25) is 5.91 Å². The molecule has 0 aliphatic heterocycles. The van der Waals surface area contributed by atoms with Gasteiger partial charge in [0.05, 0.1) is 0 Å². The van der Waals surface area contributed by atoms with Crippen molar-refractivity contribution in [1.82, 2.24) is 4.98 Å². The van der Waals surface area contributed by atoms with Gasteiger partial charge in [0, 0.05) is 12.1 Å². The van der Waals surface area contributed by atoms with E-state index in [1.807, 2.05) is 19.1 Å². The zero-order valence-corrected chi connectivity index (χ0v) is 12.0. The maximum atomic E-state index is 12.2. The smallest absolute Gasteiger partial charge is 0.228 e. The SMILES string of the molecule is Cc1cccnc1NC(=O)C(C)Cc1ccc(O)c(O)c1. The summed E-state index contributed by atoms with van der Waals surface area (Å²) in [4.78, 5) is 16.3. The van der Waals surface area contributed by atoms with E-state index in [0.29, 0.717) is 12.2 Å². The number of aryl methyl sites for hydroxylation is 1. The van der Waals surface area contributed by atoms with Gasteiger partial charge in [0.25, 0.3) is 0 Å². The standard InChI is InChI=1S/C16H18N2O3/c1-10-4-3-7-17-15(10)18-16(21)11(2)8-12-5-6-13(19)14(20)9-12/h3-7,9,11,19-20H,8H2,1-2H3,(H,17,18,21). The molecule has 5 nitrogen and oxygen atoms in total. The van der Waals surface area contributed by atoms with Gasteiger partial charge in [-0.1, -0.05) is 19.1 Å². The number of nitrogens with zero attached hydrogens (tertiary/aromatic N) is 1. The van der Waals surface area contributed by atoms with E-state index >= 15 is 0 Å². The Kier molecular flexibility index (Phi) is 4.42. The lowest BCUT2D eigenvalue weighted by Gasteiger charge is -2.13. The molecule has 0 bridgehead atoms. The minimum absolute atomic E-state index is 0.135. The fraction of sp³-hybridized carbons (Fsp3) is 0.250. The molecule has 0 aliphatic carbocycles. The molecular weight excluding hydrogens is 268 g/mol. The topological polar surface area (TPSA) is 82.5 Å². The number of carbonyl (C=O) groups is 1. The number of pyridine rings is 1. The zero-order chi connectivity index (χ0) is 15.4. The van der Waals surface area contributed by atoms with Crippen LogP contribution in [0.5, 0.6) is 11.5 Å². The third-order valence-electron chi connectivity index (χ3n) is 3.28. The van der Waals surface area contributed by atoms with Crippen LogP contribution in [0.25, 0.3) is 0 Å². The third kappa shape index (κ3) is 3.72. The average molecular weight is 286 g/mol. The van der Waals surface area contributed by atoms with Crippen LogP contribution in [-0.4, -0.2) is 21.1 Å². The first-order valence-corrected chi connectivity index (χ1v) is 6.70. The molecule has 0 fully saturated rings. The molecule has 1 heterocycles. The Morgan fingerprint density at radius 2 is 2.05 bits per heavy atom. The van der Waals surface area contributed by atoms with E-state index < -0.39 is 0 Å². The molecule has 0 spiro atoms. The number of aromatic nitrogens is 1. The number of aromatic hydroxyl groups is 2. The number of nitrogens with one attached hydrogen (secondary N) is 1. The number of phenols is 2. The van der Waals surface area contributed by atoms with Crippen LogP contribution < -0.4 is 5.32 Å². The van der Waals surface area contributed by atoms with Crippen LogP contribution in [-0.2, 0) is 11.2 Å². The van der Waals surface area contributed by atoms with Gasteiger partial charge in [-0.2, -0.15) is 0 Å². The summed E-state index contributed by atoms with van der Waals surface area (Å²) in [5.74, 6) is -0.205. The van der Waals surface area contributed by atoms with E-state index in [1.165, 1.54) is 12.1 Å². The zero-order valence-electron chi connectivity index (χ0n) is 12.0.